The molecule has 0 aliphatic heterocycles. The average molecular weight is 485 g/mol. The summed E-state index contributed by atoms with van der Waals surface area (Å²) in [7, 11) is 0. The maximum absolute atomic E-state index is 11.1. The molecule has 190 valence electrons. The Kier molecular flexibility index (Phi) is 6.68. The molecule has 0 bridgehead atoms. The van der Waals surface area contributed by atoms with Gasteiger partial charge in [-0.05, 0) is 66.5 Å². The molecule has 4 heteroatoms. The van der Waals surface area contributed by atoms with E-state index in [2.05, 4.69) is 132 Å². The summed E-state index contributed by atoms with van der Waals surface area (Å²) >= 11 is 0. The van der Waals surface area contributed by atoms with E-state index in [1.54, 1.807) is 0 Å². The molecule has 3 aromatic carbocycles. The zero-order chi connectivity index (χ0) is 26.4. The number of anilines is 1. The van der Waals surface area contributed by atoms with Crippen LogP contribution in [0.2, 0.25) is 0 Å². The fourth-order valence-electron chi connectivity index (χ4n) is 5.17. The monoisotopic (exact) mass is 484 g/mol. The van der Waals surface area contributed by atoms with Gasteiger partial charge in [0.1, 0.15) is 18.0 Å². The molecular formula is C32H42N3O+. The number of phenols is 1. The normalized spacial score (nSPS) is 12.4. The number of nitrogens with zero attached hydrogens (tertiary/aromatic N) is 2. The molecule has 0 aliphatic carbocycles. The molecule has 4 rings (SSSR count). The van der Waals surface area contributed by atoms with Crippen LogP contribution in [0.15, 0.2) is 54.9 Å². The van der Waals surface area contributed by atoms with Crippen LogP contribution in [-0.4, -0.2) is 16.2 Å². The van der Waals surface area contributed by atoms with E-state index in [4.69, 9.17) is 0 Å². The first-order chi connectivity index (χ1) is 16.8. The summed E-state index contributed by atoms with van der Waals surface area (Å²) < 4.78 is 4.62. The lowest BCUT2D eigenvalue weighted by atomic mass is 9.79. The number of hydrogen-bond donors (Lipinski definition) is 2. The van der Waals surface area contributed by atoms with Crippen molar-refractivity contribution < 1.29 is 9.67 Å². The Bertz CT molecular complexity index is 1390. The standard InChI is InChI=1S/C32H41N3O/c1-21-16-22(2)29(23(3)17-21)35-20-34(27-12-10-11-13-28(27)35)15-14-33-26-19-24(31(4,5)6)18-25(30(26)36)32(7,8)9/h10-13,16-20,33H,14-15H2,1-9H3/p+1. The van der Waals surface area contributed by atoms with Crippen molar-refractivity contribution in [2.24, 2.45) is 0 Å². The van der Waals surface area contributed by atoms with Crippen LogP contribution >= 0.6 is 0 Å². The Labute approximate surface area is 216 Å². The molecule has 0 saturated carbocycles. The van der Waals surface area contributed by atoms with E-state index in [-0.39, 0.29) is 10.8 Å². The van der Waals surface area contributed by atoms with E-state index in [1.165, 1.54) is 39.0 Å². The second-order valence-corrected chi connectivity index (χ2v) is 12.3. The highest BCUT2D eigenvalue weighted by atomic mass is 16.3. The summed E-state index contributed by atoms with van der Waals surface area (Å²) in [5.74, 6) is 0.355. The molecule has 1 heterocycles. The minimum atomic E-state index is -0.145. The second-order valence-electron chi connectivity index (χ2n) is 12.3. The van der Waals surface area contributed by atoms with Gasteiger partial charge in [-0.15, -0.1) is 0 Å². The third kappa shape index (κ3) is 5.00. The van der Waals surface area contributed by atoms with E-state index < -0.39 is 0 Å². The van der Waals surface area contributed by atoms with E-state index in [0.29, 0.717) is 12.3 Å². The number of fused-ring (bicyclic) bond motifs is 1. The quantitative estimate of drug-likeness (QED) is 0.231. The highest BCUT2D eigenvalue weighted by Crippen LogP contribution is 2.40. The largest absolute Gasteiger partial charge is 0.505 e. The first-order valence-electron chi connectivity index (χ1n) is 13.0. The van der Waals surface area contributed by atoms with Crippen LogP contribution in [0.25, 0.3) is 16.7 Å². The topological polar surface area (TPSA) is 41.1 Å². The Morgan fingerprint density at radius 1 is 0.861 bits per heavy atom. The number of benzene rings is 3. The number of hydrogen-bond acceptors (Lipinski definition) is 2. The van der Waals surface area contributed by atoms with Crippen molar-refractivity contribution in [1.82, 2.24) is 4.57 Å². The summed E-state index contributed by atoms with van der Waals surface area (Å²) in [6, 6.07) is 17.3. The highest BCUT2D eigenvalue weighted by Gasteiger charge is 2.25. The van der Waals surface area contributed by atoms with Gasteiger partial charge >= 0.3 is 0 Å². The van der Waals surface area contributed by atoms with Crippen molar-refractivity contribution in [1.29, 1.82) is 0 Å². The van der Waals surface area contributed by atoms with Gasteiger partial charge in [0.2, 0.25) is 6.33 Å². The third-order valence-corrected chi connectivity index (χ3v) is 7.03. The Balaban J connectivity index is 1.68. The molecule has 0 saturated heterocycles. The molecule has 0 aliphatic rings. The predicted octanol–water partition coefficient (Wildman–Crippen LogP) is 7.26. The van der Waals surface area contributed by atoms with E-state index in [1.807, 2.05) is 0 Å². The number of aryl methyl sites for hydroxylation is 3. The number of aromatic nitrogens is 2. The lowest BCUT2D eigenvalue weighted by Gasteiger charge is -2.27. The number of phenolic OH excluding ortho intramolecular Hbond substituents is 1. The zero-order valence-electron chi connectivity index (χ0n) is 23.5. The fraction of sp³-hybridized carbons (Fsp3) is 0.406. The van der Waals surface area contributed by atoms with Crippen molar-refractivity contribution in [3.63, 3.8) is 0 Å². The SMILES string of the molecule is Cc1cc(C)c(-n2c[n+](CCNc3cc(C(C)(C)C)cc(C(C)(C)C)c3O)c3ccccc32)c(C)c1. The number of rotatable bonds is 5. The molecule has 4 aromatic rings. The van der Waals surface area contributed by atoms with E-state index in [0.717, 1.165) is 17.8 Å². The smallest absolute Gasteiger partial charge is 0.250 e. The van der Waals surface area contributed by atoms with Crippen molar-refractivity contribution in [2.75, 3.05) is 11.9 Å². The summed E-state index contributed by atoms with van der Waals surface area (Å²) in [4.78, 5) is 0. The van der Waals surface area contributed by atoms with Gasteiger partial charge in [0.05, 0.1) is 12.2 Å². The predicted molar refractivity (Wildman–Crippen MR) is 152 cm³/mol. The van der Waals surface area contributed by atoms with Gasteiger partial charge in [0.15, 0.2) is 11.0 Å². The van der Waals surface area contributed by atoms with Crippen molar-refractivity contribution in [3.8, 4) is 11.4 Å². The summed E-state index contributed by atoms with van der Waals surface area (Å²) in [6.07, 6.45) is 2.21. The summed E-state index contributed by atoms with van der Waals surface area (Å²) in [5.41, 5.74) is 10.3. The number of nitrogens with one attached hydrogen (secondary N) is 1. The minimum Gasteiger partial charge on any atom is -0.505 e. The van der Waals surface area contributed by atoms with Crippen LogP contribution in [0, 0.1) is 20.8 Å². The molecule has 1 aromatic heterocycles. The molecule has 0 unspecified atom stereocenters. The van der Waals surface area contributed by atoms with Gasteiger partial charge in [0.25, 0.3) is 0 Å². The minimum absolute atomic E-state index is 0.00391. The molecule has 0 spiro atoms. The Morgan fingerprint density at radius 2 is 1.50 bits per heavy atom. The van der Waals surface area contributed by atoms with Gasteiger partial charge in [-0.3, -0.25) is 0 Å². The van der Waals surface area contributed by atoms with E-state index >= 15 is 0 Å². The van der Waals surface area contributed by atoms with Gasteiger partial charge in [-0.2, -0.15) is 4.57 Å². The van der Waals surface area contributed by atoms with Crippen LogP contribution < -0.4 is 9.88 Å². The van der Waals surface area contributed by atoms with Gasteiger partial charge in [0, 0.05) is 5.56 Å². The molecule has 4 nitrogen and oxygen atoms in total. The van der Waals surface area contributed by atoms with Gasteiger partial charge in [-0.25, -0.2) is 4.57 Å². The van der Waals surface area contributed by atoms with Gasteiger partial charge in [-0.1, -0.05) is 77.4 Å². The van der Waals surface area contributed by atoms with Crippen molar-refractivity contribution in [3.05, 3.63) is 82.7 Å². The molecule has 0 radical (unpaired) electrons. The Morgan fingerprint density at radius 3 is 2.11 bits per heavy atom. The molecule has 2 N–H and O–H groups in total. The summed E-state index contributed by atoms with van der Waals surface area (Å²) in [5, 5.41) is 14.7. The van der Waals surface area contributed by atoms with Crippen LogP contribution in [0.4, 0.5) is 5.69 Å². The van der Waals surface area contributed by atoms with Crippen molar-refractivity contribution in [2.45, 2.75) is 79.7 Å². The lowest BCUT2D eigenvalue weighted by molar-refractivity contribution is -0.668. The fourth-order valence-corrected chi connectivity index (χ4v) is 5.17. The second kappa shape index (κ2) is 9.31. The molecular weight excluding hydrogens is 442 g/mol. The lowest BCUT2D eigenvalue weighted by Crippen LogP contribution is -2.36. The number of aromatic hydroxyl groups is 1. The molecule has 0 amide bonds. The average Bonchev–Trinajstić information content (AvgIpc) is 3.11. The van der Waals surface area contributed by atoms with Crippen LogP contribution in [0.1, 0.15) is 69.4 Å². The zero-order valence-corrected chi connectivity index (χ0v) is 23.5. The van der Waals surface area contributed by atoms with Gasteiger partial charge < -0.3 is 10.4 Å². The van der Waals surface area contributed by atoms with Crippen molar-refractivity contribution >= 4 is 16.7 Å². The molecule has 36 heavy (non-hydrogen) atoms. The third-order valence-electron chi connectivity index (χ3n) is 7.03. The summed E-state index contributed by atoms with van der Waals surface area (Å²) in [6.45, 7) is 21.1. The number of imidazole rings is 1. The number of para-hydroxylation sites is 2. The first-order valence-corrected chi connectivity index (χ1v) is 13.0. The maximum atomic E-state index is 11.1. The maximum Gasteiger partial charge on any atom is 0.250 e. The van der Waals surface area contributed by atoms with Crippen LogP contribution in [-0.2, 0) is 17.4 Å². The first kappa shape index (κ1) is 25.8. The van der Waals surface area contributed by atoms with E-state index in [9.17, 15) is 5.11 Å². The van der Waals surface area contributed by atoms with Crippen LogP contribution in [0.3, 0.4) is 0 Å². The van der Waals surface area contributed by atoms with Crippen LogP contribution in [0.5, 0.6) is 5.75 Å². The highest BCUT2D eigenvalue weighted by molar-refractivity contribution is 5.75. The molecule has 0 atom stereocenters. The Hall–Kier alpha value is -3.27. The molecule has 0 fully saturated rings.